The minimum atomic E-state index is 0.446. The van der Waals surface area contributed by atoms with Crippen LogP contribution in [-0.4, -0.2) is 36.6 Å². The number of piperidine rings is 1. The summed E-state index contributed by atoms with van der Waals surface area (Å²) in [5.41, 5.74) is 0. The molecule has 90 valence electrons. The highest BCUT2D eigenvalue weighted by atomic mass is 32.1. The average Bonchev–Trinajstić information content (AvgIpc) is 2.83. The van der Waals surface area contributed by atoms with E-state index in [1.807, 2.05) is 6.20 Å². The second kappa shape index (κ2) is 5.75. The monoisotopic (exact) mass is 239 g/mol. The van der Waals surface area contributed by atoms with Crippen LogP contribution in [-0.2, 0) is 0 Å². The first kappa shape index (κ1) is 12.0. The number of hydrogen-bond acceptors (Lipinski definition) is 4. The SMILES string of the molecule is C[C@H](c1nccs1)N(C)C[C@H]1CCCNC1. The van der Waals surface area contributed by atoms with E-state index in [0.29, 0.717) is 6.04 Å². The first-order valence-electron chi connectivity index (χ1n) is 6.07. The van der Waals surface area contributed by atoms with Gasteiger partial charge >= 0.3 is 0 Å². The van der Waals surface area contributed by atoms with Gasteiger partial charge in [0.15, 0.2) is 0 Å². The van der Waals surface area contributed by atoms with Gasteiger partial charge in [0.1, 0.15) is 5.01 Å². The molecule has 0 aliphatic carbocycles. The Kier molecular flexibility index (Phi) is 4.32. The molecule has 0 unspecified atom stereocenters. The first-order chi connectivity index (χ1) is 7.77. The van der Waals surface area contributed by atoms with E-state index in [1.54, 1.807) is 11.3 Å². The summed E-state index contributed by atoms with van der Waals surface area (Å²) in [6, 6.07) is 0.446. The topological polar surface area (TPSA) is 28.2 Å². The third-order valence-electron chi connectivity index (χ3n) is 3.42. The third kappa shape index (κ3) is 3.03. The number of thiazole rings is 1. The Morgan fingerprint density at radius 3 is 3.19 bits per heavy atom. The van der Waals surface area contributed by atoms with E-state index in [1.165, 1.54) is 37.5 Å². The van der Waals surface area contributed by atoms with Crippen molar-refractivity contribution < 1.29 is 0 Å². The van der Waals surface area contributed by atoms with Crippen LogP contribution in [0.1, 0.15) is 30.8 Å². The second-order valence-electron chi connectivity index (χ2n) is 4.70. The van der Waals surface area contributed by atoms with Gasteiger partial charge in [-0.1, -0.05) is 0 Å². The molecule has 16 heavy (non-hydrogen) atoms. The minimum absolute atomic E-state index is 0.446. The van der Waals surface area contributed by atoms with Crippen molar-refractivity contribution in [1.82, 2.24) is 15.2 Å². The van der Waals surface area contributed by atoms with Gasteiger partial charge in [-0.3, -0.25) is 4.90 Å². The molecule has 1 aromatic heterocycles. The van der Waals surface area contributed by atoms with Crippen LogP contribution in [0, 0.1) is 5.92 Å². The van der Waals surface area contributed by atoms with E-state index < -0.39 is 0 Å². The lowest BCUT2D eigenvalue weighted by Gasteiger charge is -2.30. The molecule has 0 radical (unpaired) electrons. The molecule has 0 spiro atoms. The standard InChI is InChI=1S/C12H21N3S/c1-10(12-14-6-7-16-12)15(2)9-11-4-3-5-13-8-11/h6-7,10-11,13H,3-5,8-9H2,1-2H3/t10-,11+/m1/s1. The molecule has 3 nitrogen and oxygen atoms in total. The fourth-order valence-corrected chi connectivity index (χ4v) is 3.03. The summed E-state index contributed by atoms with van der Waals surface area (Å²) in [7, 11) is 2.21. The van der Waals surface area contributed by atoms with Crippen molar-refractivity contribution in [3.05, 3.63) is 16.6 Å². The van der Waals surface area contributed by atoms with Crippen molar-refractivity contribution in [3.8, 4) is 0 Å². The lowest BCUT2D eigenvalue weighted by Crippen LogP contribution is -2.37. The van der Waals surface area contributed by atoms with Crippen molar-refractivity contribution >= 4 is 11.3 Å². The zero-order valence-electron chi connectivity index (χ0n) is 10.1. The summed E-state index contributed by atoms with van der Waals surface area (Å²) < 4.78 is 0. The molecule has 1 N–H and O–H groups in total. The van der Waals surface area contributed by atoms with Crippen molar-refractivity contribution in [1.29, 1.82) is 0 Å². The van der Waals surface area contributed by atoms with Crippen LogP contribution >= 0.6 is 11.3 Å². The molecule has 0 bridgehead atoms. The molecule has 0 saturated carbocycles. The van der Waals surface area contributed by atoms with Gasteiger partial charge in [-0.25, -0.2) is 4.98 Å². The maximum atomic E-state index is 4.39. The quantitative estimate of drug-likeness (QED) is 0.872. The van der Waals surface area contributed by atoms with Gasteiger partial charge in [0.2, 0.25) is 0 Å². The molecule has 2 heterocycles. The van der Waals surface area contributed by atoms with Crippen LogP contribution in [0.4, 0.5) is 0 Å². The van der Waals surface area contributed by atoms with E-state index in [2.05, 4.69) is 34.6 Å². The van der Waals surface area contributed by atoms with E-state index in [-0.39, 0.29) is 0 Å². The predicted octanol–water partition coefficient (Wildman–Crippen LogP) is 2.14. The normalized spacial score (nSPS) is 23.6. The molecule has 2 rings (SSSR count). The van der Waals surface area contributed by atoms with Gasteiger partial charge in [-0.15, -0.1) is 11.3 Å². The summed E-state index contributed by atoms with van der Waals surface area (Å²) >= 11 is 1.75. The second-order valence-corrected chi connectivity index (χ2v) is 5.62. The molecule has 1 fully saturated rings. The van der Waals surface area contributed by atoms with Crippen LogP contribution < -0.4 is 5.32 Å². The lowest BCUT2D eigenvalue weighted by atomic mass is 9.99. The van der Waals surface area contributed by atoms with Crippen molar-refractivity contribution in [2.24, 2.45) is 5.92 Å². The van der Waals surface area contributed by atoms with Crippen molar-refractivity contribution in [2.75, 3.05) is 26.7 Å². The van der Waals surface area contributed by atoms with Gasteiger partial charge in [-0.05, 0) is 45.8 Å². The first-order valence-corrected chi connectivity index (χ1v) is 6.95. The number of aromatic nitrogens is 1. The van der Waals surface area contributed by atoms with Gasteiger partial charge in [-0.2, -0.15) is 0 Å². The summed E-state index contributed by atoms with van der Waals surface area (Å²) in [6.45, 7) is 5.79. The van der Waals surface area contributed by atoms with Crippen LogP contribution in [0.2, 0.25) is 0 Å². The Balaban J connectivity index is 1.84. The molecule has 1 saturated heterocycles. The Bertz CT molecular complexity index is 293. The Morgan fingerprint density at radius 1 is 1.69 bits per heavy atom. The van der Waals surface area contributed by atoms with Gasteiger partial charge < -0.3 is 5.32 Å². The van der Waals surface area contributed by atoms with Crippen LogP contribution in [0.5, 0.6) is 0 Å². The molecule has 1 aliphatic rings. The lowest BCUT2D eigenvalue weighted by molar-refractivity contribution is 0.199. The number of hydrogen-bond donors (Lipinski definition) is 1. The maximum Gasteiger partial charge on any atom is 0.109 e. The predicted molar refractivity (Wildman–Crippen MR) is 68.8 cm³/mol. The fraction of sp³-hybridized carbons (Fsp3) is 0.750. The molecule has 1 aromatic rings. The fourth-order valence-electron chi connectivity index (χ4n) is 2.27. The molecule has 2 atom stereocenters. The van der Waals surface area contributed by atoms with Gasteiger partial charge in [0.05, 0.1) is 6.04 Å². The largest absolute Gasteiger partial charge is 0.316 e. The highest BCUT2D eigenvalue weighted by Crippen LogP contribution is 2.22. The minimum Gasteiger partial charge on any atom is -0.316 e. The molecule has 4 heteroatoms. The smallest absolute Gasteiger partial charge is 0.109 e. The summed E-state index contributed by atoms with van der Waals surface area (Å²) in [4.78, 5) is 6.82. The highest BCUT2D eigenvalue weighted by molar-refractivity contribution is 7.09. The number of nitrogens with zero attached hydrogens (tertiary/aromatic N) is 2. The summed E-state index contributed by atoms with van der Waals surface area (Å²) in [5.74, 6) is 0.807. The van der Waals surface area contributed by atoms with Gasteiger partial charge in [0, 0.05) is 18.1 Å². The Hall–Kier alpha value is -0.450. The molecular weight excluding hydrogens is 218 g/mol. The van der Waals surface area contributed by atoms with Crippen LogP contribution in [0.25, 0.3) is 0 Å². The van der Waals surface area contributed by atoms with E-state index >= 15 is 0 Å². The summed E-state index contributed by atoms with van der Waals surface area (Å²) in [6.07, 6.45) is 4.58. The maximum absolute atomic E-state index is 4.39. The number of rotatable bonds is 4. The zero-order chi connectivity index (χ0) is 11.4. The van der Waals surface area contributed by atoms with Crippen molar-refractivity contribution in [3.63, 3.8) is 0 Å². The Morgan fingerprint density at radius 2 is 2.56 bits per heavy atom. The van der Waals surface area contributed by atoms with E-state index in [4.69, 9.17) is 0 Å². The van der Waals surface area contributed by atoms with Crippen molar-refractivity contribution in [2.45, 2.75) is 25.8 Å². The summed E-state index contributed by atoms with van der Waals surface area (Å²) in [5, 5.41) is 6.76. The van der Waals surface area contributed by atoms with Crippen LogP contribution in [0.3, 0.4) is 0 Å². The highest BCUT2D eigenvalue weighted by Gasteiger charge is 2.19. The molecule has 0 amide bonds. The third-order valence-corrected chi connectivity index (χ3v) is 4.36. The average molecular weight is 239 g/mol. The zero-order valence-corrected chi connectivity index (χ0v) is 11.0. The molecule has 0 aromatic carbocycles. The number of nitrogens with one attached hydrogen (secondary N) is 1. The van der Waals surface area contributed by atoms with E-state index in [0.717, 1.165) is 5.92 Å². The van der Waals surface area contributed by atoms with E-state index in [9.17, 15) is 0 Å². The molecular formula is C12H21N3S. The Labute approximate surface area is 102 Å². The van der Waals surface area contributed by atoms with Gasteiger partial charge in [0.25, 0.3) is 0 Å². The molecule has 1 aliphatic heterocycles. The van der Waals surface area contributed by atoms with Crippen LogP contribution in [0.15, 0.2) is 11.6 Å².